The molecule has 0 aromatic carbocycles. The number of aryl methyl sites for hydroxylation is 2. The first-order valence-electron chi connectivity index (χ1n) is 12.4. The van der Waals surface area contributed by atoms with Gasteiger partial charge in [0, 0.05) is 0 Å². The zero-order valence-corrected chi connectivity index (χ0v) is 19.5. The molecule has 0 N–H and O–H groups in total. The monoisotopic (exact) mass is 392 g/mol. The quantitative estimate of drug-likeness (QED) is 0.194. The Morgan fingerprint density at radius 1 is 0.444 bits per heavy atom. The fourth-order valence-corrected chi connectivity index (χ4v) is 4.98. The van der Waals surface area contributed by atoms with E-state index in [0.29, 0.717) is 0 Å². The van der Waals surface area contributed by atoms with Crippen molar-refractivity contribution in [2.45, 2.75) is 142 Å². The van der Waals surface area contributed by atoms with Gasteiger partial charge in [0.25, 0.3) is 0 Å². The van der Waals surface area contributed by atoms with Crippen molar-refractivity contribution in [3.05, 3.63) is 21.9 Å². The van der Waals surface area contributed by atoms with Crippen LogP contribution in [0.1, 0.15) is 141 Å². The van der Waals surface area contributed by atoms with Crippen LogP contribution in [0, 0.1) is 0 Å². The SMILES string of the molecule is CCCCCCCCCCCCc1cscc1CCCCCCCCCC. The number of hydrogen-bond acceptors (Lipinski definition) is 1. The van der Waals surface area contributed by atoms with E-state index in [1.165, 1.54) is 128 Å². The van der Waals surface area contributed by atoms with Crippen LogP contribution in [-0.2, 0) is 12.8 Å². The molecule has 0 unspecified atom stereocenters. The Morgan fingerprint density at radius 3 is 1.07 bits per heavy atom. The minimum Gasteiger partial charge on any atom is -0.152 e. The molecule has 0 aliphatic heterocycles. The second kappa shape index (κ2) is 19.0. The average molecular weight is 393 g/mol. The molecule has 0 aliphatic rings. The third kappa shape index (κ3) is 14.4. The highest BCUT2D eigenvalue weighted by Crippen LogP contribution is 2.21. The molecule has 0 aliphatic carbocycles. The van der Waals surface area contributed by atoms with Gasteiger partial charge < -0.3 is 0 Å². The van der Waals surface area contributed by atoms with Crippen molar-refractivity contribution >= 4 is 11.3 Å². The predicted molar refractivity (Wildman–Crippen MR) is 126 cm³/mol. The van der Waals surface area contributed by atoms with Crippen LogP contribution in [0.25, 0.3) is 0 Å². The van der Waals surface area contributed by atoms with Crippen molar-refractivity contribution < 1.29 is 0 Å². The van der Waals surface area contributed by atoms with Gasteiger partial charge in [0.2, 0.25) is 0 Å². The van der Waals surface area contributed by atoms with Gasteiger partial charge in [0.15, 0.2) is 0 Å². The number of rotatable bonds is 20. The van der Waals surface area contributed by atoms with Crippen LogP contribution in [0.15, 0.2) is 10.8 Å². The zero-order chi connectivity index (χ0) is 19.4. The van der Waals surface area contributed by atoms with Crippen LogP contribution in [0.5, 0.6) is 0 Å². The minimum atomic E-state index is 1.32. The molecule has 1 heterocycles. The van der Waals surface area contributed by atoms with Gasteiger partial charge in [-0.15, -0.1) is 0 Å². The van der Waals surface area contributed by atoms with Crippen molar-refractivity contribution in [1.29, 1.82) is 0 Å². The molecule has 0 fully saturated rings. The first-order valence-corrected chi connectivity index (χ1v) is 13.4. The van der Waals surface area contributed by atoms with Gasteiger partial charge in [-0.3, -0.25) is 0 Å². The molecule has 0 saturated carbocycles. The number of thiophene rings is 1. The van der Waals surface area contributed by atoms with Gasteiger partial charge in [0.05, 0.1) is 0 Å². The van der Waals surface area contributed by atoms with E-state index in [1.54, 1.807) is 11.1 Å². The summed E-state index contributed by atoms with van der Waals surface area (Å²) in [5.41, 5.74) is 3.34. The minimum absolute atomic E-state index is 1.32. The smallest absolute Gasteiger partial charge is 0.00584 e. The van der Waals surface area contributed by atoms with E-state index in [2.05, 4.69) is 24.6 Å². The van der Waals surface area contributed by atoms with Crippen LogP contribution >= 0.6 is 11.3 Å². The van der Waals surface area contributed by atoms with E-state index in [-0.39, 0.29) is 0 Å². The summed E-state index contributed by atoms with van der Waals surface area (Å²) >= 11 is 1.92. The Bertz CT molecular complexity index is 406. The highest BCUT2D eigenvalue weighted by atomic mass is 32.1. The second-order valence-corrected chi connectivity index (χ2v) is 9.32. The molecule has 27 heavy (non-hydrogen) atoms. The van der Waals surface area contributed by atoms with E-state index >= 15 is 0 Å². The third-order valence-electron chi connectivity index (χ3n) is 5.93. The van der Waals surface area contributed by atoms with Crippen LogP contribution in [0.3, 0.4) is 0 Å². The Labute approximate surface area is 175 Å². The van der Waals surface area contributed by atoms with Gasteiger partial charge in [-0.2, -0.15) is 11.3 Å². The lowest BCUT2D eigenvalue weighted by molar-refractivity contribution is 0.555. The highest BCUT2D eigenvalue weighted by molar-refractivity contribution is 7.08. The number of hydrogen-bond donors (Lipinski definition) is 0. The maximum Gasteiger partial charge on any atom is -0.00584 e. The zero-order valence-electron chi connectivity index (χ0n) is 18.7. The summed E-state index contributed by atoms with van der Waals surface area (Å²) in [5, 5.41) is 4.85. The molecule has 0 spiro atoms. The maximum absolute atomic E-state index is 2.42. The Balaban J connectivity index is 1.96. The normalized spacial score (nSPS) is 11.3. The molecule has 0 nitrogen and oxygen atoms in total. The summed E-state index contributed by atoms with van der Waals surface area (Å²) in [6.45, 7) is 4.60. The molecular weight excluding hydrogens is 344 g/mol. The largest absolute Gasteiger partial charge is 0.152 e. The standard InChI is InChI=1S/C26H48S/c1-3-5-7-9-11-13-14-16-18-20-22-26-24-27-23-25(26)21-19-17-15-12-10-8-6-4-2/h23-24H,3-22H2,1-2H3. The fourth-order valence-electron chi connectivity index (χ4n) is 4.04. The van der Waals surface area contributed by atoms with Crippen molar-refractivity contribution in [2.24, 2.45) is 0 Å². The van der Waals surface area contributed by atoms with Gasteiger partial charge in [-0.1, -0.05) is 117 Å². The van der Waals surface area contributed by atoms with Crippen molar-refractivity contribution in [3.63, 3.8) is 0 Å². The van der Waals surface area contributed by atoms with Gasteiger partial charge in [-0.25, -0.2) is 0 Å². The van der Waals surface area contributed by atoms with Crippen molar-refractivity contribution in [2.75, 3.05) is 0 Å². The van der Waals surface area contributed by atoms with Gasteiger partial charge in [-0.05, 0) is 47.6 Å². The van der Waals surface area contributed by atoms with Crippen molar-refractivity contribution in [3.8, 4) is 0 Å². The van der Waals surface area contributed by atoms with Gasteiger partial charge >= 0.3 is 0 Å². The molecular formula is C26H48S. The lowest BCUT2D eigenvalue weighted by Crippen LogP contribution is -1.92. The summed E-state index contributed by atoms with van der Waals surface area (Å²) in [4.78, 5) is 0. The summed E-state index contributed by atoms with van der Waals surface area (Å²) in [7, 11) is 0. The lowest BCUT2D eigenvalue weighted by Gasteiger charge is -2.06. The van der Waals surface area contributed by atoms with E-state index in [4.69, 9.17) is 0 Å². The summed E-state index contributed by atoms with van der Waals surface area (Å²) < 4.78 is 0. The molecule has 0 radical (unpaired) electrons. The van der Waals surface area contributed by atoms with E-state index in [0.717, 1.165) is 0 Å². The van der Waals surface area contributed by atoms with E-state index in [9.17, 15) is 0 Å². The third-order valence-corrected chi connectivity index (χ3v) is 6.77. The lowest BCUT2D eigenvalue weighted by atomic mass is 10.00. The molecule has 1 aromatic heterocycles. The Hall–Kier alpha value is -0.300. The topological polar surface area (TPSA) is 0 Å². The first-order chi connectivity index (χ1) is 13.4. The summed E-state index contributed by atoms with van der Waals surface area (Å²) in [6, 6.07) is 0. The van der Waals surface area contributed by atoms with Gasteiger partial charge in [0.1, 0.15) is 0 Å². The second-order valence-electron chi connectivity index (χ2n) is 8.58. The first kappa shape index (κ1) is 24.7. The van der Waals surface area contributed by atoms with Crippen LogP contribution < -0.4 is 0 Å². The highest BCUT2D eigenvalue weighted by Gasteiger charge is 2.04. The molecule has 0 bridgehead atoms. The molecule has 1 heteroatoms. The summed E-state index contributed by atoms with van der Waals surface area (Å²) in [5.74, 6) is 0. The molecule has 0 atom stereocenters. The molecule has 158 valence electrons. The Morgan fingerprint density at radius 2 is 0.741 bits per heavy atom. The maximum atomic E-state index is 2.42. The van der Waals surface area contributed by atoms with Crippen LogP contribution in [0.2, 0.25) is 0 Å². The van der Waals surface area contributed by atoms with Crippen LogP contribution in [-0.4, -0.2) is 0 Å². The average Bonchev–Trinajstić information content (AvgIpc) is 3.12. The van der Waals surface area contributed by atoms with E-state index in [1.807, 2.05) is 11.3 Å². The Kier molecular flexibility index (Phi) is 17.4. The molecule has 1 aromatic rings. The summed E-state index contributed by atoms with van der Waals surface area (Å²) in [6.07, 6.45) is 28.5. The molecule has 0 amide bonds. The number of unbranched alkanes of at least 4 members (excludes halogenated alkanes) is 16. The molecule has 1 rings (SSSR count). The fraction of sp³-hybridized carbons (Fsp3) is 0.846. The van der Waals surface area contributed by atoms with Crippen LogP contribution in [0.4, 0.5) is 0 Å². The predicted octanol–water partition coefficient (Wildman–Crippen LogP) is 9.89. The van der Waals surface area contributed by atoms with E-state index < -0.39 is 0 Å². The molecule has 0 saturated heterocycles. The van der Waals surface area contributed by atoms with Crippen molar-refractivity contribution in [1.82, 2.24) is 0 Å².